The van der Waals surface area contributed by atoms with Gasteiger partial charge in [0.05, 0.1) is 13.5 Å². The maximum Gasteiger partial charge on any atom is 0.163 e. The van der Waals surface area contributed by atoms with Gasteiger partial charge in [-0.3, -0.25) is 9.59 Å². The van der Waals surface area contributed by atoms with Crippen molar-refractivity contribution >= 4 is 17.6 Å². The highest BCUT2D eigenvalue weighted by Gasteiger charge is 2.44. The third-order valence-electron chi connectivity index (χ3n) is 3.67. The highest BCUT2D eigenvalue weighted by Crippen LogP contribution is 2.46. The lowest BCUT2D eigenvalue weighted by molar-refractivity contribution is -0.128. The molecule has 1 fully saturated rings. The lowest BCUT2D eigenvalue weighted by atomic mass is 9.99. The minimum Gasteiger partial charge on any atom is -0.504 e. The molecule has 0 spiro atoms. The standard InChI is InChI=1S/C16H18O4/c1-16(7-8-16)15(19)10-12(17)5-3-11-4-6-13(18)14(9-11)20-2/h3-6,9,18H,7-8,10H2,1-2H3/b5-3+. The number of ether oxygens (including phenoxy) is 1. The number of rotatable bonds is 6. The van der Waals surface area contributed by atoms with Crippen LogP contribution in [0.1, 0.15) is 31.7 Å². The Morgan fingerprint density at radius 1 is 1.40 bits per heavy atom. The number of carbonyl (C=O) groups is 2. The predicted molar refractivity (Wildman–Crippen MR) is 75.7 cm³/mol. The van der Waals surface area contributed by atoms with Gasteiger partial charge in [0, 0.05) is 5.41 Å². The number of ketones is 2. The zero-order valence-corrected chi connectivity index (χ0v) is 11.7. The van der Waals surface area contributed by atoms with Gasteiger partial charge in [0.1, 0.15) is 5.78 Å². The van der Waals surface area contributed by atoms with Gasteiger partial charge >= 0.3 is 0 Å². The molecular weight excluding hydrogens is 256 g/mol. The molecule has 20 heavy (non-hydrogen) atoms. The lowest BCUT2D eigenvalue weighted by Gasteiger charge is -2.04. The number of allylic oxidation sites excluding steroid dienone is 1. The molecule has 4 heteroatoms. The van der Waals surface area contributed by atoms with Crippen LogP contribution >= 0.6 is 0 Å². The summed E-state index contributed by atoms with van der Waals surface area (Å²) in [5.41, 5.74) is 0.476. The number of phenolic OH excluding ortho intramolecular Hbond substituents is 1. The van der Waals surface area contributed by atoms with E-state index < -0.39 is 0 Å². The molecule has 106 valence electrons. The number of hydrogen-bond acceptors (Lipinski definition) is 4. The molecular formula is C16H18O4. The van der Waals surface area contributed by atoms with E-state index in [0.717, 1.165) is 18.4 Å². The molecule has 1 aromatic rings. The van der Waals surface area contributed by atoms with Gasteiger partial charge < -0.3 is 9.84 Å². The van der Waals surface area contributed by atoms with Crippen molar-refractivity contribution in [1.82, 2.24) is 0 Å². The molecule has 0 heterocycles. The van der Waals surface area contributed by atoms with E-state index in [1.54, 1.807) is 18.2 Å². The minimum absolute atomic E-state index is 0.0236. The van der Waals surface area contributed by atoms with E-state index in [1.807, 2.05) is 6.92 Å². The molecule has 1 aliphatic rings. The highest BCUT2D eigenvalue weighted by molar-refractivity contribution is 6.08. The first-order valence-electron chi connectivity index (χ1n) is 6.56. The molecule has 2 rings (SSSR count). The zero-order chi connectivity index (χ0) is 14.8. The van der Waals surface area contributed by atoms with Gasteiger partial charge in [-0.2, -0.15) is 0 Å². The molecule has 1 aromatic carbocycles. The number of hydrogen-bond donors (Lipinski definition) is 1. The van der Waals surface area contributed by atoms with Gasteiger partial charge in [0.25, 0.3) is 0 Å². The van der Waals surface area contributed by atoms with Gasteiger partial charge in [-0.05, 0) is 36.6 Å². The summed E-state index contributed by atoms with van der Waals surface area (Å²) in [4.78, 5) is 23.5. The van der Waals surface area contributed by atoms with Crippen LogP contribution in [-0.4, -0.2) is 23.8 Å². The predicted octanol–water partition coefficient (Wildman–Crippen LogP) is 2.74. The van der Waals surface area contributed by atoms with Crippen LogP contribution in [0.2, 0.25) is 0 Å². The number of carbonyl (C=O) groups excluding carboxylic acids is 2. The second-order valence-electron chi connectivity index (χ2n) is 5.39. The smallest absolute Gasteiger partial charge is 0.163 e. The Bertz CT molecular complexity index is 568. The summed E-state index contributed by atoms with van der Waals surface area (Å²) in [6.07, 6.45) is 4.75. The first kappa shape index (κ1) is 14.3. The average Bonchev–Trinajstić information content (AvgIpc) is 3.17. The third-order valence-corrected chi connectivity index (χ3v) is 3.67. The van der Waals surface area contributed by atoms with E-state index in [0.29, 0.717) is 5.75 Å². The van der Waals surface area contributed by atoms with Gasteiger partial charge in [-0.25, -0.2) is 0 Å². The van der Waals surface area contributed by atoms with E-state index in [2.05, 4.69) is 0 Å². The average molecular weight is 274 g/mol. The molecule has 0 aliphatic heterocycles. The topological polar surface area (TPSA) is 63.6 Å². The minimum atomic E-state index is -0.259. The van der Waals surface area contributed by atoms with Crippen molar-refractivity contribution < 1.29 is 19.4 Å². The van der Waals surface area contributed by atoms with Crippen molar-refractivity contribution in [2.45, 2.75) is 26.2 Å². The number of benzene rings is 1. The van der Waals surface area contributed by atoms with Crippen molar-refractivity contribution in [2.75, 3.05) is 7.11 Å². The number of aromatic hydroxyl groups is 1. The third kappa shape index (κ3) is 3.26. The monoisotopic (exact) mass is 274 g/mol. The summed E-state index contributed by atoms with van der Waals surface area (Å²) >= 11 is 0. The van der Waals surface area contributed by atoms with Crippen LogP contribution in [0.3, 0.4) is 0 Å². The highest BCUT2D eigenvalue weighted by atomic mass is 16.5. The van der Waals surface area contributed by atoms with Crippen LogP contribution in [-0.2, 0) is 9.59 Å². The van der Waals surface area contributed by atoms with Crippen molar-refractivity contribution in [3.05, 3.63) is 29.8 Å². The zero-order valence-electron chi connectivity index (χ0n) is 11.7. The van der Waals surface area contributed by atoms with E-state index in [9.17, 15) is 14.7 Å². The van der Waals surface area contributed by atoms with Crippen molar-refractivity contribution in [2.24, 2.45) is 5.41 Å². The van der Waals surface area contributed by atoms with E-state index in [4.69, 9.17) is 4.74 Å². The molecule has 4 nitrogen and oxygen atoms in total. The van der Waals surface area contributed by atoms with Crippen LogP contribution < -0.4 is 4.74 Å². The maximum absolute atomic E-state index is 11.8. The fourth-order valence-electron chi connectivity index (χ4n) is 1.88. The molecule has 0 bridgehead atoms. The molecule has 0 atom stereocenters. The Labute approximate surface area is 118 Å². The van der Waals surface area contributed by atoms with Crippen LogP contribution in [0, 0.1) is 5.41 Å². The summed E-state index contributed by atoms with van der Waals surface area (Å²) in [5, 5.41) is 9.47. The van der Waals surface area contributed by atoms with E-state index in [-0.39, 0.29) is 29.2 Å². The Hall–Kier alpha value is -2.10. The molecule has 1 N–H and O–H groups in total. The Balaban J connectivity index is 1.98. The Kier molecular flexibility index (Phi) is 3.93. The molecule has 0 unspecified atom stereocenters. The van der Waals surface area contributed by atoms with Crippen LogP contribution in [0.4, 0.5) is 0 Å². The fraction of sp³-hybridized carbons (Fsp3) is 0.375. The number of phenols is 1. The van der Waals surface area contributed by atoms with E-state index in [1.165, 1.54) is 19.3 Å². The second-order valence-corrected chi connectivity index (χ2v) is 5.39. The summed E-state index contributed by atoms with van der Waals surface area (Å²) in [6.45, 7) is 1.90. The SMILES string of the molecule is COc1cc(/C=C/C(=O)CC(=O)C2(C)CC2)ccc1O. The Morgan fingerprint density at radius 2 is 2.10 bits per heavy atom. The molecule has 1 saturated carbocycles. The lowest BCUT2D eigenvalue weighted by Crippen LogP contribution is -2.15. The summed E-state index contributed by atoms with van der Waals surface area (Å²) < 4.78 is 4.99. The van der Waals surface area contributed by atoms with Crippen molar-refractivity contribution in [1.29, 1.82) is 0 Å². The maximum atomic E-state index is 11.8. The van der Waals surface area contributed by atoms with Crippen LogP contribution in [0.5, 0.6) is 11.5 Å². The molecule has 0 aromatic heterocycles. The van der Waals surface area contributed by atoms with Gasteiger partial charge in [0.15, 0.2) is 17.3 Å². The van der Waals surface area contributed by atoms with Crippen molar-refractivity contribution in [3.63, 3.8) is 0 Å². The molecule has 1 aliphatic carbocycles. The van der Waals surface area contributed by atoms with Crippen molar-refractivity contribution in [3.8, 4) is 11.5 Å². The Morgan fingerprint density at radius 3 is 2.70 bits per heavy atom. The first-order valence-corrected chi connectivity index (χ1v) is 6.56. The molecule has 0 saturated heterocycles. The second kappa shape index (κ2) is 5.49. The molecule has 0 radical (unpaired) electrons. The number of methoxy groups -OCH3 is 1. The van der Waals surface area contributed by atoms with Gasteiger partial charge in [-0.15, -0.1) is 0 Å². The summed E-state index contributed by atoms with van der Waals surface area (Å²) in [7, 11) is 1.46. The molecule has 0 amide bonds. The van der Waals surface area contributed by atoms with E-state index >= 15 is 0 Å². The first-order chi connectivity index (χ1) is 9.44. The number of Topliss-reactive ketones (excluding diaryl/α,β-unsaturated/α-hetero) is 1. The normalized spacial score (nSPS) is 16.1. The van der Waals surface area contributed by atoms with Crippen LogP contribution in [0.25, 0.3) is 6.08 Å². The van der Waals surface area contributed by atoms with Gasteiger partial charge in [0.2, 0.25) is 0 Å². The fourth-order valence-corrected chi connectivity index (χ4v) is 1.88. The largest absolute Gasteiger partial charge is 0.504 e. The van der Waals surface area contributed by atoms with Gasteiger partial charge in [-0.1, -0.05) is 19.1 Å². The summed E-state index contributed by atoms with van der Waals surface area (Å²) in [6, 6.07) is 4.80. The van der Waals surface area contributed by atoms with Crippen LogP contribution in [0.15, 0.2) is 24.3 Å². The summed E-state index contributed by atoms with van der Waals surface area (Å²) in [5.74, 6) is 0.222. The quantitative estimate of drug-likeness (QED) is 0.640.